The number of rotatable bonds is 4. The number of methoxy groups -OCH3 is 1. The van der Waals surface area contributed by atoms with E-state index >= 15 is 0 Å². The number of amides is 2. The molecule has 0 N–H and O–H groups in total. The van der Waals surface area contributed by atoms with Crippen LogP contribution in [0.5, 0.6) is 17.2 Å². The second-order valence-corrected chi connectivity index (χ2v) is 7.36. The Morgan fingerprint density at radius 2 is 1.50 bits per heavy atom. The van der Waals surface area contributed by atoms with Gasteiger partial charge in [-0.1, -0.05) is 30.3 Å². The zero-order valence-electron chi connectivity index (χ0n) is 16.7. The quantitative estimate of drug-likeness (QED) is 0.598. The fourth-order valence-electron chi connectivity index (χ4n) is 4.19. The average Bonchev–Trinajstić information content (AvgIpc) is 3.02. The highest BCUT2D eigenvalue weighted by atomic mass is 16.5. The zero-order valence-corrected chi connectivity index (χ0v) is 16.7. The maximum Gasteiger partial charge on any atom is 0.265 e. The molecule has 2 aliphatic heterocycles. The molecule has 5 rings (SSSR count). The lowest BCUT2D eigenvalue weighted by Crippen LogP contribution is -2.43. The van der Waals surface area contributed by atoms with E-state index in [2.05, 4.69) is 4.90 Å². The Balaban J connectivity index is 1.51. The molecule has 3 aromatic carbocycles. The summed E-state index contributed by atoms with van der Waals surface area (Å²) < 4.78 is 11.4. The van der Waals surface area contributed by atoms with Crippen LogP contribution in [-0.2, 0) is 0 Å². The molecule has 2 amide bonds. The lowest BCUT2D eigenvalue weighted by molar-refractivity contribution is 0.0646. The summed E-state index contributed by atoms with van der Waals surface area (Å²) in [7, 11) is 1.50. The van der Waals surface area contributed by atoms with Crippen molar-refractivity contribution in [2.45, 2.75) is 13.0 Å². The van der Waals surface area contributed by atoms with E-state index in [4.69, 9.17) is 9.47 Å². The van der Waals surface area contributed by atoms with Crippen LogP contribution in [0, 0.1) is 0 Å². The molecule has 0 saturated heterocycles. The van der Waals surface area contributed by atoms with Gasteiger partial charge in [-0.15, -0.1) is 0 Å². The Morgan fingerprint density at radius 1 is 0.867 bits per heavy atom. The third kappa shape index (κ3) is 2.64. The first-order chi connectivity index (χ1) is 14.6. The van der Waals surface area contributed by atoms with E-state index in [9.17, 15) is 9.59 Å². The van der Waals surface area contributed by atoms with Gasteiger partial charge in [0.1, 0.15) is 5.75 Å². The van der Waals surface area contributed by atoms with Crippen molar-refractivity contribution in [3.63, 3.8) is 0 Å². The van der Waals surface area contributed by atoms with E-state index < -0.39 is 0 Å². The molecule has 0 saturated carbocycles. The molecule has 6 nitrogen and oxygen atoms in total. The van der Waals surface area contributed by atoms with Crippen molar-refractivity contribution < 1.29 is 19.1 Å². The second kappa shape index (κ2) is 6.91. The van der Waals surface area contributed by atoms with Crippen molar-refractivity contribution in [2.75, 3.05) is 18.6 Å². The Bertz CT molecular complexity index is 1130. The molecular formula is C24H20N2O4. The number of ether oxygens (including phenoxy) is 2. The topological polar surface area (TPSA) is 59.1 Å². The normalized spacial score (nSPS) is 15.3. The minimum Gasteiger partial charge on any atom is -0.496 e. The van der Waals surface area contributed by atoms with Crippen LogP contribution in [0.25, 0.3) is 0 Å². The van der Waals surface area contributed by atoms with Crippen molar-refractivity contribution in [3.8, 4) is 17.2 Å². The summed E-state index contributed by atoms with van der Waals surface area (Å²) in [4.78, 5) is 29.5. The predicted molar refractivity (Wildman–Crippen MR) is 113 cm³/mol. The summed E-state index contributed by atoms with van der Waals surface area (Å²) in [5.74, 6) is 1.28. The van der Waals surface area contributed by atoms with Gasteiger partial charge in [0.2, 0.25) is 0 Å². The van der Waals surface area contributed by atoms with Gasteiger partial charge in [0.05, 0.1) is 29.6 Å². The molecule has 0 aromatic heterocycles. The van der Waals surface area contributed by atoms with E-state index in [0.29, 0.717) is 16.9 Å². The largest absolute Gasteiger partial charge is 0.496 e. The molecule has 0 aliphatic carbocycles. The standard InChI is InChI=1S/C24H20N2O4/c1-15(14-25-23(27)16-8-7-13-21(29-2)22(16)24(25)28)26-17-9-3-5-11-19(17)30-20-12-6-4-10-18(20)26/h3-13,15H,14H2,1-2H3. The van der Waals surface area contributed by atoms with Gasteiger partial charge in [0.25, 0.3) is 11.8 Å². The van der Waals surface area contributed by atoms with Crippen molar-refractivity contribution >= 4 is 23.2 Å². The van der Waals surface area contributed by atoms with Crippen molar-refractivity contribution in [3.05, 3.63) is 77.9 Å². The van der Waals surface area contributed by atoms with Crippen LogP contribution in [0.2, 0.25) is 0 Å². The third-order valence-electron chi connectivity index (χ3n) is 5.54. The molecule has 6 heteroatoms. The molecule has 30 heavy (non-hydrogen) atoms. The van der Waals surface area contributed by atoms with E-state index in [0.717, 1.165) is 22.9 Å². The molecule has 1 atom stereocenters. The van der Waals surface area contributed by atoms with Gasteiger partial charge in [-0.2, -0.15) is 0 Å². The highest BCUT2D eigenvalue weighted by molar-refractivity contribution is 6.22. The summed E-state index contributed by atoms with van der Waals surface area (Å²) in [5.41, 5.74) is 2.52. The number of nitrogens with zero attached hydrogens (tertiary/aromatic N) is 2. The smallest absolute Gasteiger partial charge is 0.265 e. The number of para-hydroxylation sites is 4. The average molecular weight is 400 g/mol. The van der Waals surface area contributed by atoms with Crippen LogP contribution < -0.4 is 14.4 Å². The first kappa shape index (κ1) is 18.2. The number of fused-ring (bicyclic) bond motifs is 3. The number of benzene rings is 3. The molecule has 0 bridgehead atoms. The highest BCUT2D eigenvalue weighted by Crippen LogP contribution is 2.47. The molecule has 2 heterocycles. The van der Waals surface area contributed by atoms with E-state index in [1.807, 2.05) is 55.5 Å². The summed E-state index contributed by atoms with van der Waals surface area (Å²) in [6.45, 7) is 2.23. The number of carbonyl (C=O) groups excluding carboxylic acids is 2. The SMILES string of the molecule is COc1cccc2c1C(=O)N(CC(C)N1c3ccccc3Oc3ccccc31)C2=O. The molecule has 1 unspecified atom stereocenters. The Hall–Kier alpha value is -3.80. The molecular weight excluding hydrogens is 380 g/mol. The Morgan fingerprint density at radius 3 is 2.13 bits per heavy atom. The molecule has 150 valence electrons. The Kier molecular flexibility index (Phi) is 4.20. The van der Waals surface area contributed by atoms with Crippen LogP contribution in [0.15, 0.2) is 66.7 Å². The van der Waals surface area contributed by atoms with E-state index in [-0.39, 0.29) is 24.4 Å². The second-order valence-electron chi connectivity index (χ2n) is 7.36. The van der Waals surface area contributed by atoms with Crippen LogP contribution >= 0.6 is 0 Å². The summed E-state index contributed by atoms with van der Waals surface area (Å²) >= 11 is 0. The third-order valence-corrected chi connectivity index (χ3v) is 5.54. The summed E-state index contributed by atoms with van der Waals surface area (Å²) in [6, 6.07) is 20.4. The number of imide groups is 1. The van der Waals surface area contributed by atoms with Crippen LogP contribution in [-0.4, -0.2) is 36.4 Å². The first-order valence-electron chi connectivity index (χ1n) is 9.78. The van der Waals surface area contributed by atoms with Crippen LogP contribution in [0.4, 0.5) is 11.4 Å². The van der Waals surface area contributed by atoms with E-state index in [1.165, 1.54) is 12.0 Å². The maximum absolute atomic E-state index is 13.1. The van der Waals surface area contributed by atoms with Gasteiger partial charge in [0.15, 0.2) is 11.5 Å². The number of carbonyl (C=O) groups is 2. The maximum atomic E-state index is 13.1. The first-order valence-corrected chi connectivity index (χ1v) is 9.78. The fourth-order valence-corrected chi connectivity index (χ4v) is 4.19. The van der Waals surface area contributed by atoms with Crippen molar-refractivity contribution in [1.29, 1.82) is 0 Å². The van der Waals surface area contributed by atoms with Gasteiger partial charge in [0, 0.05) is 12.6 Å². The fraction of sp³-hybridized carbons (Fsp3) is 0.167. The summed E-state index contributed by atoms with van der Waals surface area (Å²) in [5, 5.41) is 0. The van der Waals surface area contributed by atoms with Crippen LogP contribution in [0.1, 0.15) is 27.6 Å². The van der Waals surface area contributed by atoms with Crippen LogP contribution in [0.3, 0.4) is 0 Å². The summed E-state index contributed by atoms with van der Waals surface area (Å²) in [6.07, 6.45) is 0. The lowest BCUT2D eigenvalue weighted by Gasteiger charge is -2.38. The predicted octanol–water partition coefficient (Wildman–Crippen LogP) is 4.62. The van der Waals surface area contributed by atoms with Crippen molar-refractivity contribution in [1.82, 2.24) is 4.90 Å². The van der Waals surface area contributed by atoms with Gasteiger partial charge in [-0.05, 0) is 43.3 Å². The van der Waals surface area contributed by atoms with Gasteiger partial charge in [-0.3, -0.25) is 14.5 Å². The molecule has 2 aliphatic rings. The van der Waals surface area contributed by atoms with Gasteiger partial charge >= 0.3 is 0 Å². The number of hydrogen-bond acceptors (Lipinski definition) is 5. The molecule has 3 aromatic rings. The lowest BCUT2D eigenvalue weighted by atomic mass is 10.1. The molecule has 0 spiro atoms. The van der Waals surface area contributed by atoms with Gasteiger partial charge in [-0.25, -0.2) is 0 Å². The Labute approximate surface area is 174 Å². The number of hydrogen-bond donors (Lipinski definition) is 0. The van der Waals surface area contributed by atoms with Crippen molar-refractivity contribution in [2.24, 2.45) is 0 Å². The molecule has 0 radical (unpaired) electrons. The monoisotopic (exact) mass is 400 g/mol. The zero-order chi connectivity index (χ0) is 20.8. The van der Waals surface area contributed by atoms with Gasteiger partial charge < -0.3 is 14.4 Å². The number of anilines is 2. The van der Waals surface area contributed by atoms with E-state index in [1.54, 1.807) is 18.2 Å². The molecule has 0 fully saturated rings. The minimum atomic E-state index is -0.325. The highest BCUT2D eigenvalue weighted by Gasteiger charge is 2.40. The minimum absolute atomic E-state index is 0.176.